The number of carbonyl (C=O) groups is 2. The monoisotopic (exact) mass is 470 g/mol. The molecule has 1 aromatic heterocycles. The number of hydrogen-bond donors (Lipinski definition) is 1. The molecule has 0 fully saturated rings. The van der Waals surface area contributed by atoms with Crippen LogP contribution in [0.3, 0.4) is 0 Å². The summed E-state index contributed by atoms with van der Waals surface area (Å²) < 4.78 is 13.8. The number of fused-ring (bicyclic) bond motifs is 1. The lowest BCUT2D eigenvalue weighted by Gasteiger charge is -2.43. The van der Waals surface area contributed by atoms with Gasteiger partial charge in [0.25, 0.3) is 5.91 Å². The number of benzene rings is 2. The van der Waals surface area contributed by atoms with Gasteiger partial charge in [-0.1, -0.05) is 51.0 Å². The molecular weight excluding hydrogens is 443 g/mol. The lowest BCUT2D eigenvalue weighted by molar-refractivity contribution is -0.119. The average Bonchev–Trinajstić information content (AvgIpc) is 2.89. The van der Waals surface area contributed by atoms with Gasteiger partial charge in [0.2, 0.25) is 5.91 Å². The van der Waals surface area contributed by atoms with E-state index in [2.05, 4.69) is 24.1 Å². The molecule has 4 rings (SSSR count). The van der Waals surface area contributed by atoms with Crippen molar-refractivity contribution in [3.63, 3.8) is 0 Å². The predicted octanol–water partition coefficient (Wildman–Crippen LogP) is 5.45. The molecule has 2 aromatic carbocycles. The van der Waals surface area contributed by atoms with Crippen LogP contribution in [0.1, 0.15) is 65.7 Å². The molecule has 2 amide bonds. The van der Waals surface area contributed by atoms with Crippen LogP contribution in [0.15, 0.2) is 67.0 Å². The number of amides is 2. The molecule has 2 heterocycles. The van der Waals surface area contributed by atoms with E-state index in [1.54, 1.807) is 47.6 Å². The second-order valence-electron chi connectivity index (χ2n) is 8.73. The highest BCUT2D eigenvalue weighted by molar-refractivity contribution is 6.04. The number of pyridine rings is 1. The molecule has 0 saturated heterocycles. The van der Waals surface area contributed by atoms with Crippen molar-refractivity contribution in [3.8, 4) is 6.07 Å². The first-order valence-electron chi connectivity index (χ1n) is 11.8. The van der Waals surface area contributed by atoms with E-state index in [1.807, 2.05) is 12.1 Å². The number of carbonyl (C=O) groups excluding carboxylic acids is 2. The molecule has 7 heteroatoms. The first-order valence-corrected chi connectivity index (χ1v) is 11.8. The van der Waals surface area contributed by atoms with Crippen molar-refractivity contribution in [2.24, 2.45) is 5.92 Å². The third-order valence-electron chi connectivity index (χ3n) is 6.71. The number of rotatable bonds is 7. The van der Waals surface area contributed by atoms with E-state index in [0.29, 0.717) is 23.4 Å². The van der Waals surface area contributed by atoms with Gasteiger partial charge in [0.1, 0.15) is 11.9 Å². The molecule has 0 spiro atoms. The number of anilines is 1. The molecule has 0 unspecified atom stereocenters. The molecule has 0 bridgehead atoms. The van der Waals surface area contributed by atoms with E-state index in [-0.39, 0.29) is 23.3 Å². The van der Waals surface area contributed by atoms with Gasteiger partial charge >= 0.3 is 0 Å². The lowest BCUT2D eigenvalue weighted by atomic mass is 9.79. The quantitative estimate of drug-likeness (QED) is 0.498. The third kappa shape index (κ3) is 4.78. The second-order valence-corrected chi connectivity index (χ2v) is 8.73. The minimum Gasteiger partial charge on any atom is -0.330 e. The fourth-order valence-electron chi connectivity index (χ4n) is 4.73. The Bertz CT molecular complexity index is 1270. The van der Waals surface area contributed by atoms with Gasteiger partial charge in [-0.25, -0.2) is 4.39 Å². The predicted molar refractivity (Wildman–Crippen MR) is 131 cm³/mol. The molecule has 0 radical (unpaired) electrons. The van der Waals surface area contributed by atoms with Crippen LogP contribution in [0, 0.1) is 23.1 Å². The van der Waals surface area contributed by atoms with Gasteiger partial charge in [-0.15, -0.1) is 0 Å². The largest absolute Gasteiger partial charge is 0.330 e. The molecule has 1 N–H and O–H groups in total. The highest BCUT2D eigenvalue weighted by Crippen LogP contribution is 2.43. The van der Waals surface area contributed by atoms with Gasteiger partial charge in [-0.2, -0.15) is 5.26 Å². The Labute approximate surface area is 204 Å². The number of nitrogens with zero attached hydrogens (tertiary/aromatic N) is 3. The Morgan fingerprint density at radius 1 is 1.17 bits per heavy atom. The van der Waals surface area contributed by atoms with E-state index in [0.717, 1.165) is 24.5 Å². The fraction of sp³-hybridized carbons (Fsp3) is 0.286. The van der Waals surface area contributed by atoms with Crippen molar-refractivity contribution in [1.82, 2.24) is 9.88 Å². The van der Waals surface area contributed by atoms with E-state index < -0.39 is 17.8 Å². The molecule has 2 atom stereocenters. The Morgan fingerprint density at radius 2 is 1.94 bits per heavy atom. The van der Waals surface area contributed by atoms with Crippen LogP contribution in [0.5, 0.6) is 0 Å². The summed E-state index contributed by atoms with van der Waals surface area (Å²) in [6.45, 7) is 4.71. The van der Waals surface area contributed by atoms with Crippen LogP contribution >= 0.6 is 0 Å². The normalized spacial score (nSPS) is 17.1. The molecular formula is C28H27FN4O2. The van der Waals surface area contributed by atoms with Gasteiger partial charge in [0.15, 0.2) is 0 Å². The summed E-state index contributed by atoms with van der Waals surface area (Å²) in [6.07, 6.45) is 5.16. The SMILES string of the molecule is CCC(CC)CN1C(=O)c2ccccc2[C@H](C(=O)Nc2ccc(F)c(C#N)c2)[C@H]1c1cccnc1. The Kier molecular flexibility index (Phi) is 7.21. The summed E-state index contributed by atoms with van der Waals surface area (Å²) in [6, 6.07) is 16.0. The van der Waals surface area contributed by atoms with Gasteiger partial charge in [-0.3, -0.25) is 14.6 Å². The first kappa shape index (κ1) is 24.1. The first-order chi connectivity index (χ1) is 17.0. The minimum absolute atomic E-state index is 0.112. The molecule has 178 valence electrons. The van der Waals surface area contributed by atoms with Crippen molar-refractivity contribution in [1.29, 1.82) is 5.26 Å². The Morgan fingerprint density at radius 3 is 2.63 bits per heavy atom. The fourth-order valence-corrected chi connectivity index (χ4v) is 4.73. The van der Waals surface area contributed by atoms with Gasteiger partial charge in [0, 0.05) is 30.2 Å². The van der Waals surface area contributed by atoms with Crippen LogP contribution in [-0.2, 0) is 4.79 Å². The van der Waals surface area contributed by atoms with Gasteiger partial charge in [0.05, 0.1) is 17.5 Å². The summed E-state index contributed by atoms with van der Waals surface area (Å²) in [5.41, 5.74) is 2.06. The van der Waals surface area contributed by atoms with Gasteiger partial charge in [-0.05, 0) is 47.4 Å². The highest BCUT2D eigenvalue weighted by atomic mass is 19.1. The molecule has 0 saturated carbocycles. The third-order valence-corrected chi connectivity index (χ3v) is 6.71. The molecule has 35 heavy (non-hydrogen) atoms. The summed E-state index contributed by atoms with van der Waals surface area (Å²) >= 11 is 0. The van der Waals surface area contributed by atoms with Crippen LogP contribution in [0.4, 0.5) is 10.1 Å². The zero-order valence-electron chi connectivity index (χ0n) is 19.7. The van der Waals surface area contributed by atoms with Crippen molar-refractivity contribution in [2.75, 3.05) is 11.9 Å². The van der Waals surface area contributed by atoms with Gasteiger partial charge < -0.3 is 10.2 Å². The maximum absolute atomic E-state index is 13.8. The number of halogens is 1. The zero-order chi connectivity index (χ0) is 24.9. The molecule has 1 aliphatic heterocycles. The Balaban J connectivity index is 1.82. The standard InChI is InChI=1S/C28H27FN4O2/c1-3-18(4-2)17-33-26(19-8-7-13-31-16-19)25(22-9-5-6-10-23(22)28(33)35)27(34)32-21-11-12-24(29)20(14-21)15-30/h5-14,16,18,25-26H,3-4,17H2,1-2H3,(H,32,34)/t25-,26+/m0/s1. The minimum atomic E-state index is -0.724. The van der Waals surface area contributed by atoms with E-state index in [9.17, 15) is 19.2 Å². The summed E-state index contributed by atoms with van der Waals surface area (Å²) in [5.74, 6) is -1.55. The maximum atomic E-state index is 13.8. The Hall–Kier alpha value is -4.05. The number of nitriles is 1. The van der Waals surface area contributed by atoms with E-state index in [4.69, 9.17) is 0 Å². The zero-order valence-corrected chi connectivity index (χ0v) is 19.7. The topological polar surface area (TPSA) is 86.1 Å². The van der Waals surface area contributed by atoms with Crippen molar-refractivity contribution in [2.45, 2.75) is 38.6 Å². The molecule has 3 aromatic rings. The smallest absolute Gasteiger partial charge is 0.254 e. The summed E-state index contributed by atoms with van der Waals surface area (Å²) in [4.78, 5) is 33.6. The number of hydrogen-bond acceptors (Lipinski definition) is 4. The van der Waals surface area contributed by atoms with Crippen molar-refractivity contribution in [3.05, 3.63) is 95.1 Å². The molecule has 6 nitrogen and oxygen atoms in total. The van der Waals surface area contributed by atoms with Crippen LogP contribution < -0.4 is 5.32 Å². The van der Waals surface area contributed by atoms with Crippen LogP contribution in [-0.4, -0.2) is 28.2 Å². The van der Waals surface area contributed by atoms with Crippen LogP contribution in [0.2, 0.25) is 0 Å². The summed E-state index contributed by atoms with van der Waals surface area (Å²) in [7, 11) is 0. The van der Waals surface area contributed by atoms with Crippen molar-refractivity contribution < 1.29 is 14.0 Å². The van der Waals surface area contributed by atoms with Crippen LogP contribution in [0.25, 0.3) is 0 Å². The molecule has 1 aliphatic rings. The van der Waals surface area contributed by atoms with E-state index in [1.165, 1.54) is 12.1 Å². The van der Waals surface area contributed by atoms with Crippen molar-refractivity contribution >= 4 is 17.5 Å². The highest BCUT2D eigenvalue weighted by Gasteiger charge is 2.44. The number of aromatic nitrogens is 1. The van der Waals surface area contributed by atoms with E-state index >= 15 is 0 Å². The lowest BCUT2D eigenvalue weighted by Crippen LogP contribution is -2.47. The molecule has 0 aliphatic carbocycles. The maximum Gasteiger partial charge on any atom is 0.254 e. The summed E-state index contributed by atoms with van der Waals surface area (Å²) in [5, 5.41) is 12.0. The second kappa shape index (κ2) is 10.5. The number of nitrogens with one attached hydrogen (secondary N) is 1. The average molecular weight is 471 g/mol.